The molecule has 8 heteroatoms. The molecule has 3 N–H and O–H groups in total. The van der Waals surface area contributed by atoms with Crippen LogP contribution in [0.5, 0.6) is 0 Å². The summed E-state index contributed by atoms with van der Waals surface area (Å²) in [5.74, 6) is 1.02. The van der Waals surface area contributed by atoms with E-state index in [0.717, 1.165) is 45.0 Å². The van der Waals surface area contributed by atoms with Crippen LogP contribution in [-0.2, 0) is 6.54 Å². The number of nitrogens with zero attached hydrogens (tertiary/aromatic N) is 2. The van der Waals surface area contributed by atoms with Gasteiger partial charge in [0.05, 0.1) is 10.0 Å². The molecule has 27 heavy (non-hydrogen) atoms. The Balaban J connectivity index is 0.00000364. The lowest BCUT2D eigenvalue weighted by molar-refractivity contribution is 0.198. The van der Waals surface area contributed by atoms with Gasteiger partial charge in [-0.15, -0.1) is 24.0 Å². The molecule has 0 bridgehead atoms. The maximum Gasteiger partial charge on any atom is 0.191 e. The highest BCUT2D eigenvalue weighted by Crippen LogP contribution is 2.24. The van der Waals surface area contributed by atoms with E-state index in [1.54, 1.807) is 0 Å². The Morgan fingerprint density at radius 3 is 2.59 bits per heavy atom. The molecule has 1 heterocycles. The first-order valence-corrected chi connectivity index (χ1v) is 10.1. The van der Waals surface area contributed by atoms with Gasteiger partial charge in [-0.3, -0.25) is 9.89 Å². The Morgan fingerprint density at radius 2 is 2.00 bits per heavy atom. The molecule has 5 nitrogen and oxygen atoms in total. The SMILES string of the molecule is CCNC(=NCC(C)CO)NC1CCN(Cc2ccc(Cl)c(Cl)c2)CC1.I. The van der Waals surface area contributed by atoms with Gasteiger partial charge in [0, 0.05) is 45.4 Å². The molecule has 1 fully saturated rings. The summed E-state index contributed by atoms with van der Waals surface area (Å²) in [5, 5.41) is 17.2. The first-order valence-electron chi connectivity index (χ1n) is 9.33. The highest BCUT2D eigenvalue weighted by atomic mass is 127. The normalized spacial score (nSPS) is 17.3. The molecule has 2 rings (SSSR count). The van der Waals surface area contributed by atoms with Crippen molar-refractivity contribution in [2.45, 2.75) is 39.3 Å². The van der Waals surface area contributed by atoms with Crippen molar-refractivity contribution in [3.05, 3.63) is 33.8 Å². The molecule has 0 spiro atoms. The summed E-state index contributed by atoms with van der Waals surface area (Å²) in [5.41, 5.74) is 1.19. The number of benzene rings is 1. The van der Waals surface area contributed by atoms with Crippen LogP contribution in [0.2, 0.25) is 10.0 Å². The maximum atomic E-state index is 9.15. The molecule has 1 unspecified atom stereocenters. The lowest BCUT2D eigenvalue weighted by atomic mass is 10.0. The Hall–Kier alpha value is -0.280. The third-order valence-corrected chi connectivity index (χ3v) is 5.27. The van der Waals surface area contributed by atoms with Gasteiger partial charge < -0.3 is 15.7 Å². The standard InChI is InChI=1S/C19H30Cl2N4O.HI/c1-3-22-19(23-11-14(2)13-26)24-16-6-8-25(9-7-16)12-15-4-5-17(20)18(21)10-15;/h4-5,10,14,16,26H,3,6-9,11-13H2,1-2H3,(H2,22,23,24);1H. The van der Waals surface area contributed by atoms with Crippen molar-refractivity contribution in [3.63, 3.8) is 0 Å². The minimum absolute atomic E-state index is 0. The van der Waals surface area contributed by atoms with Crippen molar-refractivity contribution in [1.82, 2.24) is 15.5 Å². The van der Waals surface area contributed by atoms with Crippen LogP contribution in [-0.4, -0.2) is 54.8 Å². The van der Waals surface area contributed by atoms with Crippen LogP contribution in [0.15, 0.2) is 23.2 Å². The van der Waals surface area contributed by atoms with E-state index in [1.807, 2.05) is 25.1 Å². The molecule has 1 aromatic rings. The molecular weight excluding hydrogens is 498 g/mol. The van der Waals surface area contributed by atoms with Crippen molar-refractivity contribution < 1.29 is 5.11 Å². The first-order chi connectivity index (χ1) is 12.5. The van der Waals surface area contributed by atoms with E-state index in [2.05, 4.69) is 27.4 Å². The highest BCUT2D eigenvalue weighted by molar-refractivity contribution is 14.0. The molecule has 0 radical (unpaired) electrons. The van der Waals surface area contributed by atoms with Crippen molar-refractivity contribution in [2.75, 3.05) is 32.8 Å². The summed E-state index contributed by atoms with van der Waals surface area (Å²) < 4.78 is 0. The predicted molar refractivity (Wildman–Crippen MR) is 126 cm³/mol. The number of nitrogens with one attached hydrogen (secondary N) is 2. The Labute approximate surface area is 189 Å². The zero-order valence-corrected chi connectivity index (χ0v) is 19.9. The molecule has 1 atom stereocenters. The van der Waals surface area contributed by atoms with Crippen molar-refractivity contribution in [1.29, 1.82) is 0 Å². The summed E-state index contributed by atoms with van der Waals surface area (Å²) in [4.78, 5) is 7.02. The number of piperidine rings is 1. The van der Waals surface area contributed by atoms with Gasteiger partial charge in [0.2, 0.25) is 0 Å². The fourth-order valence-corrected chi connectivity index (χ4v) is 3.27. The van der Waals surface area contributed by atoms with Crippen molar-refractivity contribution in [3.8, 4) is 0 Å². The molecule has 0 aromatic heterocycles. The lowest BCUT2D eigenvalue weighted by Crippen LogP contribution is -2.48. The van der Waals surface area contributed by atoms with E-state index < -0.39 is 0 Å². The third kappa shape index (κ3) is 8.73. The number of halogens is 3. The van der Waals surface area contributed by atoms with Crippen molar-refractivity contribution >= 4 is 53.1 Å². The predicted octanol–water partition coefficient (Wildman–Crippen LogP) is 3.76. The van der Waals surface area contributed by atoms with Crippen LogP contribution in [0.1, 0.15) is 32.3 Å². The summed E-state index contributed by atoms with van der Waals surface area (Å²) in [6.07, 6.45) is 2.14. The number of hydrogen-bond donors (Lipinski definition) is 3. The topological polar surface area (TPSA) is 59.9 Å². The van der Waals surface area contributed by atoms with Crippen LogP contribution in [0.4, 0.5) is 0 Å². The second-order valence-electron chi connectivity index (χ2n) is 6.95. The average molecular weight is 529 g/mol. The second kappa shape index (κ2) is 13.0. The van der Waals surface area contributed by atoms with E-state index in [9.17, 15) is 0 Å². The van der Waals surface area contributed by atoms with Crippen molar-refractivity contribution in [2.24, 2.45) is 10.9 Å². The molecule has 154 valence electrons. The van der Waals surface area contributed by atoms with E-state index in [0.29, 0.717) is 22.6 Å². The highest BCUT2D eigenvalue weighted by Gasteiger charge is 2.20. The van der Waals surface area contributed by atoms with Crippen LogP contribution >= 0.6 is 47.2 Å². The van der Waals surface area contributed by atoms with Gasteiger partial charge in [0.25, 0.3) is 0 Å². The number of aliphatic imine (C=N–C) groups is 1. The molecule has 0 amide bonds. The number of guanidine groups is 1. The van der Waals surface area contributed by atoms with Gasteiger partial charge in [-0.2, -0.15) is 0 Å². The number of aliphatic hydroxyl groups excluding tert-OH is 1. The molecule has 1 saturated heterocycles. The number of aliphatic hydroxyl groups is 1. The fraction of sp³-hybridized carbons (Fsp3) is 0.632. The Morgan fingerprint density at radius 1 is 1.30 bits per heavy atom. The largest absolute Gasteiger partial charge is 0.396 e. The maximum absolute atomic E-state index is 9.15. The first kappa shape index (κ1) is 24.8. The zero-order valence-electron chi connectivity index (χ0n) is 16.0. The van der Waals surface area contributed by atoms with Gasteiger partial charge in [0.15, 0.2) is 5.96 Å². The average Bonchev–Trinajstić information content (AvgIpc) is 2.64. The van der Waals surface area contributed by atoms with Crippen LogP contribution in [0.25, 0.3) is 0 Å². The van der Waals surface area contributed by atoms with Crippen LogP contribution < -0.4 is 10.6 Å². The molecule has 0 aliphatic carbocycles. The van der Waals surface area contributed by atoms with Gasteiger partial charge >= 0.3 is 0 Å². The molecule has 1 aliphatic heterocycles. The van der Waals surface area contributed by atoms with E-state index >= 15 is 0 Å². The Kier molecular flexibility index (Phi) is 12.0. The molecule has 1 aliphatic rings. The minimum atomic E-state index is 0. The summed E-state index contributed by atoms with van der Waals surface area (Å²) in [6.45, 7) is 8.63. The van der Waals surface area contributed by atoms with Gasteiger partial charge in [0.1, 0.15) is 0 Å². The fourth-order valence-electron chi connectivity index (χ4n) is 2.95. The van der Waals surface area contributed by atoms with Crippen LogP contribution in [0.3, 0.4) is 0 Å². The van der Waals surface area contributed by atoms with E-state index in [-0.39, 0.29) is 36.5 Å². The summed E-state index contributed by atoms with van der Waals surface area (Å²) >= 11 is 12.1. The van der Waals surface area contributed by atoms with Crippen LogP contribution in [0, 0.1) is 5.92 Å². The van der Waals surface area contributed by atoms with Gasteiger partial charge in [-0.1, -0.05) is 36.2 Å². The zero-order chi connectivity index (χ0) is 18.9. The quantitative estimate of drug-likeness (QED) is 0.286. The third-order valence-electron chi connectivity index (χ3n) is 4.54. The molecular formula is C19H31Cl2IN4O. The van der Waals surface area contributed by atoms with E-state index in [4.69, 9.17) is 28.3 Å². The van der Waals surface area contributed by atoms with Gasteiger partial charge in [-0.25, -0.2) is 0 Å². The number of likely N-dealkylation sites (tertiary alicyclic amines) is 1. The lowest BCUT2D eigenvalue weighted by Gasteiger charge is -2.33. The minimum Gasteiger partial charge on any atom is -0.396 e. The monoisotopic (exact) mass is 528 g/mol. The smallest absolute Gasteiger partial charge is 0.191 e. The summed E-state index contributed by atoms with van der Waals surface area (Å²) in [7, 11) is 0. The number of hydrogen-bond acceptors (Lipinski definition) is 3. The summed E-state index contributed by atoms with van der Waals surface area (Å²) in [6, 6.07) is 6.27. The van der Waals surface area contributed by atoms with E-state index in [1.165, 1.54) is 5.56 Å². The molecule has 1 aromatic carbocycles. The van der Waals surface area contributed by atoms with Gasteiger partial charge in [-0.05, 0) is 43.4 Å². The molecule has 0 saturated carbocycles. The second-order valence-corrected chi connectivity index (χ2v) is 7.76. The number of rotatable bonds is 7. The Bertz CT molecular complexity index is 595.